The van der Waals surface area contributed by atoms with Gasteiger partial charge in [0.25, 0.3) is 11.8 Å². The van der Waals surface area contributed by atoms with Gasteiger partial charge < -0.3 is 11.1 Å². The second-order valence-corrected chi connectivity index (χ2v) is 8.24. The van der Waals surface area contributed by atoms with Crippen molar-refractivity contribution in [3.05, 3.63) is 50.7 Å². The Morgan fingerprint density at radius 2 is 1.88 bits per heavy atom. The number of hydrogen-bond donors (Lipinski definition) is 2. The molecule has 0 aliphatic carbocycles. The Kier molecular flexibility index (Phi) is 4.92. The molecule has 0 aliphatic rings. The van der Waals surface area contributed by atoms with Crippen LogP contribution >= 0.6 is 22.7 Å². The number of thiophene rings is 2. The number of carbonyl (C=O) groups is 2. The van der Waals surface area contributed by atoms with Crippen LogP contribution in [0.2, 0.25) is 0 Å². The van der Waals surface area contributed by atoms with E-state index in [0.29, 0.717) is 15.4 Å². The SMILES string of the molecule is CCCc1c(C(=O)Nc2sc(C)c(C)c2C(N)=O)sc2ccccc12. The van der Waals surface area contributed by atoms with E-state index in [1.807, 2.05) is 32.0 Å². The summed E-state index contributed by atoms with van der Waals surface area (Å²) in [5.41, 5.74) is 7.82. The predicted molar refractivity (Wildman–Crippen MR) is 106 cm³/mol. The highest BCUT2D eigenvalue weighted by atomic mass is 32.1. The zero-order valence-corrected chi connectivity index (χ0v) is 16.1. The van der Waals surface area contributed by atoms with Gasteiger partial charge in [-0.2, -0.15) is 0 Å². The third kappa shape index (κ3) is 3.19. The van der Waals surface area contributed by atoms with E-state index in [1.165, 1.54) is 22.7 Å². The van der Waals surface area contributed by atoms with Crippen LogP contribution in [0.4, 0.5) is 5.00 Å². The lowest BCUT2D eigenvalue weighted by atomic mass is 10.1. The Hall–Kier alpha value is -2.18. The summed E-state index contributed by atoms with van der Waals surface area (Å²) in [4.78, 5) is 26.4. The molecule has 2 heterocycles. The highest BCUT2D eigenvalue weighted by molar-refractivity contribution is 7.21. The lowest BCUT2D eigenvalue weighted by Gasteiger charge is -2.06. The van der Waals surface area contributed by atoms with E-state index in [9.17, 15) is 9.59 Å². The van der Waals surface area contributed by atoms with Crippen LogP contribution in [-0.4, -0.2) is 11.8 Å². The van der Waals surface area contributed by atoms with E-state index in [4.69, 9.17) is 5.73 Å². The predicted octanol–water partition coefficient (Wildman–Crippen LogP) is 4.88. The molecule has 25 heavy (non-hydrogen) atoms. The fourth-order valence-corrected chi connectivity index (χ4v) is 5.16. The average molecular weight is 373 g/mol. The van der Waals surface area contributed by atoms with E-state index >= 15 is 0 Å². The van der Waals surface area contributed by atoms with Gasteiger partial charge in [-0.15, -0.1) is 22.7 Å². The van der Waals surface area contributed by atoms with Crippen LogP contribution in [0.15, 0.2) is 24.3 Å². The summed E-state index contributed by atoms with van der Waals surface area (Å²) in [5, 5.41) is 4.59. The molecule has 3 N–H and O–H groups in total. The summed E-state index contributed by atoms with van der Waals surface area (Å²) < 4.78 is 1.10. The summed E-state index contributed by atoms with van der Waals surface area (Å²) in [7, 11) is 0. The molecule has 3 rings (SSSR count). The van der Waals surface area contributed by atoms with E-state index in [1.54, 1.807) is 0 Å². The van der Waals surface area contributed by atoms with Crippen molar-refractivity contribution >= 4 is 49.6 Å². The van der Waals surface area contributed by atoms with Gasteiger partial charge in [-0.3, -0.25) is 9.59 Å². The molecule has 0 fully saturated rings. The van der Waals surface area contributed by atoms with Crippen molar-refractivity contribution in [1.29, 1.82) is 0 Å². The topological polar surface area (TPSA) is 72.2 Å². The number of fused-ring (bicyclic) bond motifs is 1. The first-order valence-electron chi connectivity index (χ1n) is 8.15. The fourth-order valence-electron chi connectivity index (χ4n) is 2.95. The van der Waals surface area contributed by atoms with Crippen LogP contribution in [0, 0.1) is 13.8 Å². The maximum Gasteiger partial charge on any atom is 0.266 e. The number of hydrogen-bond acceptors (Lipinski definition) is 4. The van der Waals surface area contributed by atoms with Gasteiger partial charge >= 0.3 is 0 Å². The molecule has 0 saturated carbocycles. The third-order valence-electron chi connectivity index (χ3n) is 4.26. The second-order valence-electron chi connectivity index (χ2n) is 5.96. The Morgan fingerprint density at radius 3 is 2.56 bits per heavy atom. The zero-order chi connectivity index (χ0) is 18.1. The first kappa shape index (κ1) is 17.6. The molecule has 0 saturated heterocycles. The smallest absolute Gasteiger partial charge is 0.266 e. The van der Waals surface area contributed by atoms with Crippen molar-refractivity contribution < 1.29 is 9.59 Å². The standard InChI is InChI=1S/C19H20N2O2S2/c1-4-7-13-12-8-5-6-9-14(12)25-16(13)18(23)21-19-15(17(20)22)10(2)11(3)24-19/h5-6,8-9H,4,7H2,1-3H3,(H2,20,22)(H,21,23). The second kappa shape index (κ2) is 6.98. The Bertz CT molecular complexity index is 969. The number of nitrogens with two attached hydrogens (primary N) is 1. The molecule has 0 aliphatic heterocycles. The number of carbonyl (C=O) groups excluding carboxylic acids is 2. The van der Waals surface area contributed by atoms with Crippen molar-refractivity contribution in [2.45, 2.75) is 33.6 Å². The normalized spacial score (nSPS) is 11.0. The quantitative estimate of drug-likeness (QED) is 0.670. The number of primary amides is 1. The fraction of sp³-hybridized carbons (Fsp3) is 0.263. The molecule has 0 unspecified atom stereocenters. The van der Waals surface area contributed by atoms with E-state index in [2.05, 4.69) is 18.3 Å². The largest absolute Gasteiger partial charge is 0.365 e. The molecular weight excluding hydrogens is 352 g/mol. The number of nitrogens with one attached hydrogen (secondary N) is 1. The highest BCUT2D eigenvalue weighted by Gasteiger charge is 2.22. The van der Waals surface area contributed by atoms with Crippen molar-refractivity contribution in [3.63, 3.8) is 0 Å². The Morgan fingerprint density at radius 1 is 1.16 bits per heavy atom. The first-order valence-corrected chi connectivity index (χ1v) is 9.78. The van der Waals surface area contributed by atoms with Gasteiger partial charge in [0.2, 0.25) is 0 Å². The molecule has 0 bridgehead atoms. The minimum atomic E-state index is -0.512. The summed E-state index contributed by atoms with van der Waals surface area (Å²) in [5.74, 6) is -0.685. The van der Waals surface area contributed by atoms with Crippen molar-refractivity contribution in [1.82, 2.24) is 0 Å². The molecule has 0 radical (unpaired) electrons. The van der Waals surface area contributed by atoms with Crippen molar-refractivity contribution in [2.75, 3.05) is 5.32 Å². The molecule has 2 aromatic heterocycles. The minimum Gasteiger partial charge on any atom is -0.365 e. The Labute approximate surface area is 154 Å². The van der Waals surface area contributed by atoms with Gasteiger partial charge in [0.1, 0.15) is 5.00 Å². The molecule has 0 atom stereocenters. The molecule has 4 nitrogen and oxygen atoms in total. The molecule has 130 valence electrons. The number of benzene rings is 1. The summed E-state index contributed by atoms with van der Waals surface area (Å²) >= 11 is 2.88. The number of aryl methyl sites for hydroxylation is 2. The van der Waals surface area contributed by atoms with Gasteiger partial charge in [0, 0.05) is 9.58 Å². The molecule has 1 aromatic carbocycles. The van der Waals surface area contributed by atoms with E-state index < -0.39 is 5.91 Å². The van der Waals surface area contributed by atoms with Crippen LogP contribution in [0.5, 0.6) is 0 Å². The minimum absolute atomic E-state index is 0.173. The van der Waals surface area contributed by atoms with Crippen LogP contribution in [0.3, 0.4) is 0 Å². The van der Waals surface area contributed by atoms with Crippen LogP contribution in [0.1, 0.15) is 49.4 Å². The Balaban J connectivity index is 2.03. The van der Waals surface area contributed by atoms with Crippen LogP contribution < -0.4 is 11.1 Å². The van der Waals surface area contributed by atoms with Gasteiger partial charge in [0.15, 0.2) is 0 Å². The summed E-state index contributed by atoms with van der Waals surface area (Å²) in [6.45, 7) is 5.87. The van der Waals surface area contributed by atoms with Gasteiger partial charge in [-0.1, -0.05) is 31.5 Å². The number of amides is 2. The van der Waals surface area contributed by atoms with Gasteiger partial charge in [-0.25, -0.2) is 0 Å². The number of rotatable bonds is 5. The molecule has 2 amide bonds. The van der Waals surface area contributed by atoms with E-state index in [-0.39, 0.29) is 5.91 Å². The molecule has 0 spiro atoms. The van der Waals surface area contributed by atoms with Gasteiger partial charge in [-0.05, 0) is 42.8 Å². The average Bonchev–Trinajstić information content (AvgIpc) is 3.06. The summed E-state index contributed by atoms with van der Waals surface area (Å²) in [6, 6.07) is 8.06. The van der Waals surface area contributed by atoms with Crippen molar-refractivity contribution in [2.24, 2.45) is 5.73 Å². The number of anilines is 1. The molecular formula is C19H20N2O2S2. The molecule has 3 aromatic rings. The van der Waals surface area contributed by atoms with Crippen LogP contribution in [0.25, 0.3) is 10.1 Å². The lowest BCUT2D eigenvalue weighted by molar-refractivity contribution is 0.100. The van der Waals surface area contributed by atoms with Crippen LogP contribution in [-0.2, 0) is 6.42 Å². The zero-order valence-electron chi connectivity index (χ0n) is 14.4. The van der Waals surface area contributed by atoms with Crippen molar-refractivity contribution in [3.8, 4) is 0 Å². The maximum absolute atomic E-state index is 12.9. The highest BCUT2D eigenvalue weighted by Crippen LogP contribution is 2.35. The molecule has 6 heteroatoms. The summed E-state index contributed by atoms with van der Waals surface area (Å²) in [6.07, 6.45) is 1.81. The third-order valence-corrected chi connectivity index (χ3v) is 6.60. The lowest BCUT2D eigenvalue weighted by Crippen LogP contribution is -2.17. The van der Waals surface area contributed by atoms with E-state index in [0.717, 1.165) is 38.9 Å². The van der Waals surface area contributed by atoms with Gasteiger partial charge in [0.05, 0.1) is 10.4 Å². The monoisotopic (exact) mass is 372 g/mol. The maximum atomic E-state index is 12.9. The first-order chi connectivity index (χ1) is 11.9.